The lowest BCUT2D eigenvalue weighted by molar-refractivity contribution is 0.419. The van der Waals surface area contributed by atoms with Crippen LogP contribution in [0.4, 0.5) is 5.69 Å². The minimum absolute atomic E-state index is 0.135. The average Bonchev–Trinajstić information content (AvgIpc) is 2.89. The van der Waals surface area contributed by atoms with Crippen LogP contribution in [0, 0.1) is 19.3 Å². The maximum Gasteiger partial charge on any atom is 0.562 e. The van der Waals surface area contributed by atoms with Gasteiger partial charge in [0.2, 0.25) is 5.88 Å². The standard InChI is InChI=1S/C17H17BN4O3/c1-10-8-11(2)14-13(9-10)15(16(23)20-14)21-22-17(19)25-18(24)12-6-4-3-5-7-12/h3-9,19-20,23-24H,1-2H3. The SMILES string of the molecule is Cc1cc(C)c2[nH]c(O)c(N=NC(=N)OB(O)c3ccccc3)c2c1. The van der Waals surface area contributed by atoms with Gasteiger partial charge in [0.05, 0.1) is 5.52 Å². The number of nitrogens with one attached hydrogen (secondary N) is 2. The van der Waals surface area contributed by atoms with Gasteiger partial charge in [0.25, 0.3) is 0 Å². The fourth-order valence-electron chi connectivity index (χ4n) is 2.64. The molecule has 4 N–H and O–H groups in total. The molecule has 0 unspecified atom stereocenters. The molecule has 0 radical (unpaired) electrons. The highest BCUT2D eigenvalue weighted by Gasteiger charge is 2.20. The van der Waals surface area contributed by atoms with Crippen molar-refractivity contribution in [1.29, 1.82) is 5.41 Å². The molecule has 1 aromatic heterocycles. The molecule has 8 heteroatoms. The van der Waals surface area contributed by atoms with E-state index in [-0.39, 0.29) is 11.6 Å². The molecule has 3 rings (SSSR count). The average molecular weight is 336 g/mol. The number of hydrogen-bond acceptors (Lipinski definition) is 5. The van der Waals surface area contributed by atoms with E-state index in [0.717, 1.165) is 16.6 Å². The van der Waals surface area contributed by atoms with Crippen molar-refractivity contribution in [3.05, 3.63) is 53.6 Å². The maximum absolute atomic E-state index is 10.1. The lowest BCUT2D eigenvalue weighted by Gasteiger charge is -2.06. The Kier molecular flexibility index (Phi) is 4.54. The molecular weight excluding hydrogens is 319 g/mol. The van der Waals surface area contributed by atoms with Gasteiger partial charge in [-0.15, -0.1) is 5.11 Å². The number of fused-ring (bicyclic) bond motifs is 1. The molecule has 0 fully saturated rings. The summed E-state index contributed by atoms with van der Waals surface area (Å²) in [6.45, 7) is 3.87. The predicted octanol–water partition coefficient (Wildman–Crippen LogP) is 2.91. The number of azo groups is 1. The summed E-state index contributed by atoms with van der Waals surface area (Å²) >= 11 is 0. The number of H-pyrrole nitrogens is 1. The van der Waals surface area contributed by atoms with E-state index in [1.807, 2.05) is 32.0 Å². The Morgan fingerprint density at radius 3 is 2.64 bits per heavy atom. The number of nitrogens with zero attached hydrogens (tertiary/aromatic N) is 2. The van der Waals surface area contributed by atoms with Crippen molar-refractivity contribution in [2.24, 2.45) is 10.2 Å². The van der Waals surface area contributed by atoms with E-state index in [1.165, 1.54) is 0 Å². The van der Waals surface area contributed by atoms with Crippen LogP contribution in [0.3, 0.4) is 0 Å². The Balaban J connectivity index is 1.81. The second-order valence-corrected chi connectivity index (χ2v) is 5.71. The van der Waals surface area contributed by atoms with Crippen LogP contribution in [0.15, 0.2) is 52.7 Å². The fourth-order valence-corrected chi connectivity index (χ4v) is 2.64. The van der Waals surface area contributed by atoms with E-state index < -0.39 is 13.1 Å². The monoisotopic (exact) mass is 336 g/mol. The zero-order valence-electron chi connectivity index (χ0n) is 13.8. The normalized spacial score (nSPS) is 11.2. The van der Waals surface area contributed by atoms with Gasteiger partial charge in [-0.3, -0.25) is 0 Å². The van der Waals surface area contributed by atoms with Crippen LogP contribution >= 0.6 is 0 Å². The summed E-state index contributed by atoms with van der Waals surface area (Å²) in [6.07, 6.45) is 0. The van der Waals surface area contributed by atoms with Gasteiger partial charge in [0.15, 0.2) is 5.69 Å². The first-order valence-electron chi connectivity index (χ1n) is 7.67. The summed E-state index contributed by atoms with van der Waals surface area (Å²) < 4.78 is 5.02. The lowest BCUT2D eigenvalue weighted by atomic mass is 9.80. The highest BCUT2D eigenvalue weighted by molar-refractivity contribution is 6.61. The van der Waals surface area contributed by atoms with Crippen molar-refractivity contribution in [2.45, 2.75) is 13.8 Å². The molecule has 2 aromatic carbocycles. The van der Waals surface area contributed by atoms with Crippen molar-refractivity contribution in [2.75, 3.05) is 0 Å². The molecule has 0 aliphatic rings. The third-order valence-corrected chi connectivity index (χ3v) is 3.75. The zero-order chi connectivity index (χ0) is 18.0. The van der Waals surface area contributed by atoms with E-state index >= 15 is 0 Å². The molecule has 126 valence electrons. The Hall–Kier alpha value is -3.13. The van der Waals surface area contributed by atoms with E-state index in [0.29, 0.717) is 10.8 Å². The first-order valence-corrected chi connectivity index (χ1v) is 7.67. The van der Waals surface area contributed by atoms with Gasteiger partial charge in [0, 0.05) is 5.39 Å². The van der Waals surface area contributed by atoms with Crippen molar-refractivity contribution in [3.63, 3.8) is 0 Å². The minimum atomic E-state index is -1.31. The minimum Gasteiger partial charge on any atom is -0.503 e. The third-order valence-electron chi connectivity index (χ3n) is 3.75. The number of benzene rings is 2. The molecule has 0 spiro atoms. The molecule has 0 atom stereocenters. The molecule has 0 saturated heterocycles. The van der Waals surface area contributed by atoms with Gasteiger partial charge in [-0.25, -0.2) is 5.41 Å². The van der Waals surface area contributed by atoms with Crippen LogP contribution in [0.25, 0.3) is 10.9 Å². The second kappa shape index (κ2) is 6.78. The summed E-state index contributed by atoms with van der Waals surface area (Å²) in [7, 11) is -1.31. The zero-order valence-corrected chi connectivity index (χ0v) is 13.8. The Morgan fingerprint density at radius 1 is 1.20 bits per heavy atom. The van der Waals surface area contributed by atoms with E-state index in [9.17, 15) is 10.1 Å². The Morgan fingerprint density at radius 2 is 1.92 bits per heavy atom. The Bertz CT molecular complexity index is 953. The highest BCUT2D eigenvalue weighted by Crippen LogP contribution is 2.37. The molecule has 25 heavy (non-hydrogen) atoms. The summed E-state index contributed by atoms with van der Waals surface area (Å²) in [4.78, 5) is 2.85. The van der Waals surface area contributed by atoms with Crippen LogP contribution < -0.4 is 5.46 Å². The third kappa shape index (κ3) is 3.53. The van der Waals surface area contributed by atoms with Gasteiger partial charge < -0.3 is 19.8 Å². The molecule has 3 aromatic rings. The first-order chi connectivity index (χ1) is 12.0. The molecular formula is C17H17BN4O3. The van der Waals surface area contributed by atoms with Gasteiger partial charge in [-0.1, -0.05) is 47.1 Å². The molecule has 0 amide bonds. The number of hydrogen-bond donors (Lipinski definition) is 4. The van der Waals surface area contributed by atoms with Gasteiger partial charge in [-0.2, -0.15) is 0 Å². The van der Waals surface area contributed by atoms with Crippen LogP contribution in [-0.4, -0.2) is 28.3 Å². The van der Waals surface area contributed by atoms with E-state index in [4.69, 9.17) is 10.1 Å². The smallest absolute Gasteiger partial charge is 0.503 e. The van der Waals surface area contributed by atoms with E-state index in [1.54, 1.807) is 24.3 Å². The van der Waals surface area contributed by atoms with Crippen LogP contribution in [0.5, 0.6) is 5.88 Å². The molecule has 7 nitrogen and oxygen atoms in total. The second-order valence-electron chi connectivity index (χ2n) is 5.71. The number of amidine groups is 1. The predicted molar refractivity (Wildman–Crippen MR) is 96.8 cm³/mol. The summed E-state index contributed by atoms with van der Waals surface area (Å²) in [5.41, 5.74) is 3.48. The maximum atomic E-state index is 10.1. The summed E-state index contributed by atoms with van der Waals surface area (Å²) in [5.74, 6) is -0.135. The van der Waals surface area contributed by atoms with E-state index in [2.05, 4.69) is 15.2 Å². The number of aromatic hydroxyl groups is 1. The van der Waals surface area contributed by atoms with Crippen molar-refractivity contribution < 1.29 is 14.8 Å². The largest absolute Gasteiger partial charge is 0.562 e. The number of aryl methyl sites for hydroxylation is 2. The number of rotatable bonds is 3. The first kappa shape index (κ1) is 16.7. The fraction of sp³-hybridized carbons (Fsp3) is 0.118. The van der Waals surface area contributed by atoms with Crippen molar-refractivity contribution >= 4 is 35.2 Å². The molecule has 1 heterocycles. The van der Waals surface area contributed by atoms with Crippen molar-refractivity contribution in [1.82, 2.24) is 4.98 Å². The molecule has 0 aliphatic heterocycles. The van der Waals surface area contributed by atoms with Gasteiger partial charge in [0.1, 0.15) is 0 Å². The molecule has 0 aliphatic carbocycles. The number of aromatic amines is 1. The van der Waals surface area contributed by atoms with Crippen molar-refractivity contribution in [3.8, 4) is 5.88 Å². The van der Waals surface area contributed by atoms with Gasteiger partial charge >= 0.3 is 13.1 Å². The highest BCUT2D eigenvalue weighted by atomic mass is 16.5. The topological polar surface area (TPSA) is 114 Å². The molecule has 0 bridgehead atoms. The summed E-state index contributed by atoms with van der Waals surface area (Å²) in [6, 6.07) is 12.0. The number of aromatic nitrogens is 1. The van der Waals surface area contributed by atoms with Crippen LogP contribution in [0.1, 0.15) is 11.1 Å². The Labute approximate surface area is 144 Å². The van der Waals surface area contributed by atoms with Gasteiger partial charge in [-0.05, 0) is 30.9 Å². The van der Waals surface area contributed by atoms with Crippen LogP contribution in [-0.2, 0) is 4.65 Å². The van der Waals surface area contributed by atoms with Crippen LogP contribution in [0.2, 0.25) is 0 Å². The quantitative estimate of drug-likeness (QED) is 0.255. The summed E-state index contributed by atoms with van der Waals surface area (Å²) in [5, 5.41) is 35.9. The molecule has 0 saturated carbocycles. The lowest BCUT2D eigenvalue weighted by Crippen LogP contribution is -2.34.